The van der Waals surface area contributed by atoms with Crippen LogP contribution in [0.1, 0.15) is 26.5 Å². The highest BCUT2D eigenvalue weighted by Crippen LogP contribution is 2.27. The number of pyridine rings is 1. The van der Waals surface area contributed by atoms with Crippen LogP contribution in [-0.2, 0) is 5.41 Å². The summed E-state index contributed by atoms with van der Waals surface area (Å²) in [6.45, 7) is 6.11. The largest absolute Gasteiger partial charge is 0.358 e. The molecule has 1 N–H and O–H groups in total. The second-order valence-corrected chi connectivity index (χ2v) is 5.95. The maximum Gasteiger partial charge on any atom is 0.191 e. The highest BCUT2D eigenvalue weighted by atomic mass is 35.5. The zero-order valence-electron chi connectivity index (χ0n) is 9.90. The smallest absolute Gasteiger partial charge is 0.191 e. The van der Waals surface area contributed by atoms with Gasteiger partial charge in [0.25, 0.3) is 0 Å². The number of rotatable bonds is 0. The number of hydrogen-bond acceptors (Lipinski definition) is 1. The lowest BCUT2D eigenvalue weighted by atomic mass is 9.91. The van der Waals surface area contributed by atoms with E-state index in [1.807, 2.05) is 20.8 Å². The van der Waals surface area contributed by atoms with Crippen LogP contribution in [0.15, 0.2) is 23.0 Å². The maximum absolute atomic E-state index is 12.0. The van der Waals surface area contributed by atoms with E-state index >= 15 is 0 Å². The third-order valence-electron chi connectivity index (χ3n) is 2.65. The predicted octanol–water partition coefficient (Wildman–Crippen LogP) is 4.13. The van der Waals surface area contributed by atoms with Crippen molar-refractivity contribution < 1.29 is 0 Å². The van der Waals surface area contributed by atoms with Gasteiger partial charge in [-0.1, -0.05) is 44.0 Å². The van der Waals surface area contributed by atoms with Gasteiger partial charge in [0.1, 0.15) is 0 Å². The molecule has 0 saturated heterocycles. The Bertz CT molecular complexity index is 638. The van der Waals surface area contributed by atoms with Crippen LogP contribution in [0.5, 0.6) is 0 Å². The molecule has 0 saturated carbocycles. The molecule has 17 heavy (non-hydrogen) atoms. The summed E-state index contributed by atoms with van der Waals surface area (Å²) in [5, 5.41) is 1.39. The van der Waals surface area contributed by atoms with Crippen molar-refractivity contribution in [1.82, 2.24) is 4.98 Å². The van der Waals surface area contributed by atoms with Crippen LogP contribution >= 0.6 is 23.2 Å². The Kier molecular flexibility index (Phi) is 2.96. The van der Waals surface area contributed by atoms with Crippen molar-refractivity contribution in [3.05, 3.63) is 44.2 Å². The molecule has 0 atom stereocenters. The van der Waals surface area contributed by atoms with Crippen LogP contribution in [0.25, 0.3) is 10.9 Å². The van der Waals surface area contributed by atoms with Crippen molar-refractivity contribution in [2.24, 2.45) is 0 Å². The summed E-state index contributed by atoms with van der Waals surface area (Å²) in [4.78, 5) is 15.3. The van der Waals surface area contributed by atoms with Crippen LogP contribution in [-0.4, -0.2) is 4.98 Å². The number of aromatic amines is 1. The van der Waals surface area contributed by atoms with Crippen LogP contribution in [0.4, 0.5) is 0 Å². The van der Waals surface area contributed by atoms with E-state index in [0.29, 0.717) is 20.9 Å². The van der Waals surface area contributed by atoms with E-state index in [2.05, 4.69) is 4.98 Å². The molecule has 0 aliphatic carbocycles. The third kappa shape index (κ3) is 2.33. The zero-order chi connectivity index (χ0) is 12.8. The van der Waals surface area contributed by atoms with Gasteiger partial charge in [-0.05, 0) is 12.1 Å². The fourth-order valence-electron chi connectivity index (χ4n) is 1.71. The van der Waals surface area contributed by atoms with Gasteiger partial charge in [0.05, 0.1) is 15.9 Å². The molecule has 0 radical (unpaired) electrons. The monoisotopic (exact) mass is 269 g/mol. The Morgan fingerprint density at radius 2 is 1.76 bits per heavy atom. The minimum atomic E-state index is -0.123. The quantitative estimate of drug-likeness (QED) is 0.767. The molecule has 0 unspecified atom stereocenters. The van der Waals surface area contributed by atoms with Crippen LogP contribution in [0.3, 0.4) is 0 Å². The average molecular weight is 270 g/mol. The molecule has 2 rings (SSSR count). The summed E-state index contributed by atoms with van der Waals surface area (Å²) < 4.78 is 0. The lowest BCUT2D eigenvalue weighted by molar-refractivity contribution is 0.571. The van der Waals surface area contributed by atoms with Gasteiger partial charge in [0, 0.05) is 22.2 Å². The van der Waals surface area contributed by atoms with E-state index in [4.69, 9.17) is 23.2 Å². The summed E-state index contributed by atoms with van der Waals surface area (Å²) in [5.74, 6) is 0. The topological polar surface area (TPSA) is 32.9 Å². The lowest BCUT2D eigenvalue weighted by Gasteiger charge is -2.19. The number of aromatic nitrogens is 1. The van der Waals surface area contributed by atoms with Gasteiger partial charge in [-0.25, -0.2) is 0 Å². The summed E-state index contributed by atoms with van der Waals surface area (Å²) in [6.07, 6.45) is 0. The van der Waals surface area contributed by atoms with Crippen LogP contribution < -0.4 is 5.43 Å². The molecular formula is C13H13Cl2NO. The SMILES string of the molecule is CC(C)(C)c1cc(=O)c2c(Cl)cc(Cl)cc2[nH]1. The first-order valence-electron chi connectivity index (χ1n) is 5.31. The Hall–Kier alpha value is -0.990. The molecular weight excluding hydrogens is 257 g/mol. The zero-order valence-corrected chi connectivity index (χ0v) is 11.4. The van der Waals surface area contributed by atoms with Crippen molar-refractivity contribution in [2.75, 3.05) is 0 Å². The van der Waals surface area contributed by atoms with E-state index < -0.39 is 0 Å². The standard InChI is InChI=1S/C13H13Cl2NO/c1-13(2,3)11-6-10(17)12-8(15)4-7(14)5-9(12)16-11/h4-6H,1-3H3,(H,16,17). The molecule has 2 aromatic rings. The first-order chi connectivity index (χ1) is 7.79. The normalized spacial score (nSPS) is 12.1. The number of nitrogens with one attached hydrogen (secondary N) is 1. The minimum Gasteiger partial charge on any atom is -0.358 e. The number of H-pyrrole nitrogens is 1. The van der Waals surface area contributed by atoms with Gasteiger partial charge < -0.3 is 4.98 Å². The molecule has 90 valence electrons. The van der Waals surface area contributed by atoms with Gasteiger partial charge >= 0.3 is 0 Å². The third-order valence-corrected chi connectivity index (χ3v) is 3.17. The molecule has 0 aliphatic heterocycles. The van der Waals surface area contributed by atoms with Gasteiger partial charge in [0.15, 0.2) is 5.43 Å². The van der Waals surface area contributed by atoms with Crippen LogP contribution in [0.2, 0.25) is 10.0 Å². The Balaban J connectivity index is 2.87. The van der Waals surface area contributed by atoms with Crippen LogP contribution in [0, 0.1) is 0 Å². The van der Waals surface area contributed by atoms with Crippen molar-refractivity contribution in [2.45, 2.75) is 26.2 Å². The fourth-order valence-corrected chi connectivity index (χ4v) is 2.30. The van der Waals surface area contributed by atoms with E-state index in [1.54, 1.807) is 18.2 Å². The summed E-state index contributed by atoms with van der Waals surface area (Å²) >= 11 is 12.0. The van der Waals surface area contributed by atoms with E-state index in [1.165, 1.54) is 0 Å². The lowest BCUT2D eigenvalue weighted by Crippen LogP contribution is -2.17. The Morgan fingerprint density at radius 3 is 2.35 bits per heavy atom. The average Bonchev–Trinajstić information content (AvgIpc) is 2.13. The molecule has 1 aromatic carbocycles. The van der Waals surface area contributed by atoms with Crippen molar-refractivity contribution in [3.63, 3.8) is 0 Å². The first kappa shape index (κ1) is 12.5. The molecule has 0 aliphatic rings. The van der Waals surface area contributed by atoms with Gasteiger partial charge in [-0.15, -0.1) is 0 Å². The first-order valence-corrected chi connectivity index (χ1v) is 6.07. The van der Waals surface area contributed by atoms with E-state index in [9.17, 15) is 4.79 Å². The maximum atomic E-state index is 12.0. The fraction of sp³-hybridized carbons (Fsp3) is 0.308. The number of halogens is 2. The van der Waals surface area contributed by atoms with Gasteiger partial charge in [-0.3, -0.25) is 4.79 Å². The minimum absolute atomic E-state index is 0.0784. The summed E-state index contributed by atoms with van der Waals surface area (Å²) in [5.41, 5.74) is 1.35. The number of benzene rings is 1. The highest BCUT2D eigenvalue weighted by molar-refractivity contribution is 6.38. The summed E-state index contributed by atoms with van der Waals surface area (Å²) in [6, 6.07) is 4.90. The van der Waals surface area contributed by atoms with E-state index in [-0.39, 0.29) is 10.8 Å². The highest BCUT2D eigenvalue weighted by Gasteiger charge is 2.17. The van der Waals surface area contributed by atoms with Crippen molar-refractivity contribution in [3.8, 4) is 0 Å². The van der Waals surface area contributed by atoms with Gasteiger partial charge in [-0.2, -0.15) is 0 Å². The number of hydrogen-bond donors (Lipinski definition) is 1. The van der Waals surface area contributed by atoms with Crippen molar-refractivity contribution in [1.29, 1.82) is 0 Å². The molecule has 0 bridgehead atoms. The second-order valence-electron chi connectivity index (χ2n) is 5.11. The molecule has 0 fully saturated rings. The Morgan fingerprint density at radius 1 is 1.12 bits per heavy atom. The molecule has 1 aromatic heterocycles. The molecule has 0 amide bonds. The molecule has 1 heterocycles. The van der Waals surface area contributed by atoms with E-state index in [0.717, 1.165) is 5.69 Å². The Labute approximate surface area is 110 Å². The van der Waals surface area contributed by atoms with Crippen molar-refractivity contribution >= 4 is 34.1 Å². The predicted molar refractivity (Wildman–Crippen MR) is 73.3 cm³/mol. The molecule has 0 spiro atoms. The molecule has 2 nitrogen and oxygen atoms in total. The number of fused-ring (bicyclic) bond motifs is 1. The van der Waals surface area contributed by atoms with Gasteiger partial charge in [0.2, 0.25) is 0 Å². The molecule has 4 heteroatoms. The second kappa shape index (κ2) is 4.04. The summed E-state index contributed by atoms with van der Waals surface area (Å²) in [7, 11) is 0.